The molecule has 178 valence electrons. The van der Waals surface area contributed by atoms with Crippen LogP contribution in [0.4, 0.5) is 4.39 Å². The van der Waals surface area contributed by atoms with Crippen LogP contribution < -0.4 is 10.6 Å². The van der Waals surface area contributed by atoms with Crippen molar-refractivity contribution in [1.82, 2.24) is 25.4 Å². The molecule has 5 rings (SSSR count). The van der Waals surface area contributed by atoms with Crippen LogP contribution in [-0.2, 0) is 6.54 Å². The van der Waals surface area contributed by atoms with Gasteiger partial charge in [-0.1, -0.05) is 42.5 Å². The molecule has 0 aliphatic carbocycles. The van der Waals surface area contributed by atoms with Gasteiger partial charge >= 0.3 is 0 Å². The van der Waals surface area contributed by atoms with E-state index < -0.39 is 0 Å². The molecule has 8 heteroatoms. The summed E-state index contributed by atoms with van der Waals surface area (Å²) in [7, 11) is 0. The van der Waals surface area contributed by atoms with E-state index in [1.165, 1.54) is 11.1 Å². The van der Waals surface area contributed by atoms with E-state index in [9.17, 15) is 5.11 Å². The van der Waals surface area contributed by atoms with Crippen molar-refractivity contribution in [2.24, 2.45) is 0 Å². The molecule has 0 spiro atoms. The first-order valence-corrected chi connectivity index (χ1v) is 11.5. The van der Waals surface area contributed by atoms with Crippen LogP contribution >= 0.6 is 12.4 Å². The van der Waals surface area contributed by atoms with E-state index in [0.29, 0.717) is 17.2 Å². The summed E-state index contributed by atoms with van der Waals surface area (Å²) in [5, 5.41) is 25.0. The zero-order chi connectivity index (χ0) is 22.6. The SMILES string of the molecule is Cl.OCCn1c(-c2ccc(C3=CCNCC3)cc2)nnc1-c1ccc(C2=CCNCC2)cc1F. The van der Waals surface area contributed by atoms with Crippen LogP contribution in [0.3, 0.4) is 0 Å². The number of rotatable bonds is 6. The Morgan fingerprint density at radius 3 is 2.00 bits per heavy atom. The Hall–Kier alpha value is -2.84. The largest absolute Gasteiger partial charge is 0.395 e. The van der Waals surface area contributed by atoms with Crippen molar-refractivity contribution >= 4 is 23.6 Å². The Balaban J connectivity index is 0.00000274. The molecule has 6 nitrogen and oxygen atoms in total. The second kappa shape index (κ2) is 11.1. The summed E-state index contributed by atoms with van der Waals surface area (Å²) in [6, 6.07) is 13.5. The Labute approximate surface area is 205 Å². The third-order valence-electron chi connectivity index (χ3n) is 6.30. The quantitative estimate of drug-likeness (QED) is 0.497. The third kappa shape index (κ3) is 4.98. The van der Waals surface area contributed by atoms with Crippen molar-refractivity contribution in [3.8, 4) is 22.8 Å². The van der Waals surface area contributed by atoms with Crippen LogP contribution in [0.1, 0.15) is 24.0 Å². The molecule has 34 heavy (non-hydrogen) atoms. The molecule has 0 saturated carbocycles. The smallest absolute Gasteiger partial charge is 0.167 e. The molecule has 0 radical (unpaired) electrons. The molecule has 0 unspecified atom stereocenters. The highest BCUT2D eigenvalue weighted by Gasteiger charge is 2.19. The van der Waals surface area contributed by atoms with Crippen LogP contribution in [0, 0.1) is 5.82 Å². The molecule has 0 atom stereocenters. The first-order valence-electron chi connectivity index (χ1n) is 11.5. The van der Waals surface area contributed by atoms with Crippen LogP contribution in [-0.4, -0.2) is 52.7 Å². The lowest BCUT2D eigenvalue weighted by Crippen LogP contribution is -2.20. The standard InChI is InChI=1S/C26H28FN5O.ClH/c27-24-17-22(20-9-13-29-14-10-20)5-6-23(24)26-31-30-25(32(26)15-16-33)21-3-1-18(2-4-21)19-7-11-28-12-8-19;/h1-7,9,17,28-29,33H,8,10-16H2;1H. The maximum atomic E-state index is 15.2. The molecule has 3 N–H and O–H groups in total. The topological polar surface area (TPSA) is 75.0 Å². The van der Waals surface area contributed by atoms with Gasteiger partial charge < -0.3 is 20.3 Å². The fraction of sp³-hybridized carbons (Fsp3) is 0.308. The minimum Gasteiger partial charge on any atom is -0.395 e. The zero-order valence-corrected chi connectivity index (χ0v) is 19.7. The summed E-state index contributed by atoms with van der Waals surface area (Å²) in [4.78, 5) is 0. The molecule has 0 bridgehead atoms. The van der Waals surface area contributed by atoms with Gasteiger partial charge in [0, 0.05) is 25.2 Å². The van der Waals surface area contributed by atoms with E-state index >= 15 is 4.39 Å². The number of aliphatic hydroxyl groups is 1. The Morgan fingerprint density at radius 1 is 0.824 bits per heavy atom. The van der Waals surface area contributed by atoms with Crippen LogP contribution in [0.25, 0.3) is 33.9 Å². The normalized spacial score (nSPS) is 15.9. The van der Waals surface area contributed by atoms with Crippen LogP contribution in [0.15, 0.2) is 54.6 Å². The van der Waals surface area contributed by atoms with E-state index in [2.05, 4.69) is 45.1 Å². The predicted octanol–water partition coefficient (Wildman–Crippen LogP) is 3.92. The number of halogens is 2. The van der Waals surface area contributed by atoms with E-state index in [-0.39, 0.29) is 31.4 Å². The van der Waals surface area contributed by atoms with Gasteiger partial charge in [-0.2, -0.15) is 0 Å². The van der Waals surface area contributed by atoms with Gasteiger partial charge in [-0.3, -0.25) is 0 Å². The van der Waals surface area contributed by atoms with Gasteiger partial charge in [0.15, 0.2) is 11.6 Å². The van der Waals surface area contributed by atoms with Gasteiger partial charge in [0.2, 0.25) is 0 Å². The molecule has 2 aliphatic heterocycles. The minimum absolute atomic E-state index is 0. The first-order chi connectivity index (χ1) is 16.2. The average molecular weight is 482 g/mol. The summed E-state index contributed by atoms with van der Waals surface area (Å²) in [6.45, 7) is 3.78. The highest BCUT2D eigenvalue weighted by atomic mass is 35.5. The highest BCUT2D eigenvalue weighted by molar-refractivity contribution is 5.85. The molecule has 0 saturated heterocycles. The minimum atomic E-state index is -0.335. The van der Waals surface area contributed by atoms with Gasteiger partial charge in [0.25, 0.3) is 0 Å². The lowest BCUT2D eigenvalue weighted by molar-refractivity contribution is 0.277. The lowest BCUT2D eigenvalue weighted by Gasteiger charge is -2.15. The number of nitrogens with zero attached hydrogens (tertiary/aromatic N) is 3. The number of benzene rings is 2. The Bertz CT molecular complexity index is 1200. The number of aliphatic hydroxyl groups excluding tert-OH is 1. The van der Waals surface area contributed by atoms with Crippen molar-refractivity contribution in [3.63, 3.8) is 0 Å². The zero-order valence-electron chi connectivity index (χ0n) is 18.9. The highest BCUT2D eigenvalue weighted by Crippen LogP contribution is 2.30. The fourth-order valence-electron chi connectivity index (χ4n) is 4.53. The van der Waals surface area contributed by atoms with Gasteiger partial charge in [-0.05, 0) is 60.3 Å². The van der Waals surface area contributed by atoms with Gasteiger partial charge in [0.1, 0.15) is 5.82 Å². The van der Waals surface area contributed by atoms with Gasteiger partial charge in [0.05, 0.1) is 12.2 Å². The molecule has 2 aliphatic rings. The third-order valence-corrected chi connectivity index (χ3v) is 6.30. The van der Waals surface area contributed by atoms with Crippen molar-refractivity contribution in [2.45, 2.75) is 19.4 Å². The van der Waals surface area contributed by atoms with E-state index in [4.69, 9.17) is 0 Å². The Morgan fingerprint density at radius 2 is 1.41 bits per heavy atom. The summed E-state index contributed by atoms with van der Waals surface area (Å²) in [6.07, 6.45) is 6.21. The maximum Gasteiger partial charge on any atom is 0.167 e. The monoisotopic (exact) mass is 481 g/mol. The first kappa shape index (κ1) is 24.3. The number of nitrogens with one attached hydrogen (secondary N) is 2. The van der Waals surface area contributed by atoms with Crippen LogP contribution in [0.5, 0.6) is 0 Å². The van der Waals surface area contributed by atoms with E-state index in [1.54, 1.807) is 16.7 Å². The molecule has 2 aromatic carbocycles. The lowest BCUT2D eigenvalue weighted by atomic mass is 9.98. The second-order valence-electron chi connectivity index (χ2n) is 8.36. The molecule has 3 heterocycles. The average Bonchev–Trinajstić information content (AvgIpc) is 3.28. The fourth-order valence-corrected chi connectivity index (χ4v) is 4.53. The number of aromatic nitrogens is 3. The molecule has 0 fully saturated rings. The van der Waals surface area contributed by atoms with E-state index in [1.807, 2.05) is 18.2 Å². The van der Waals surface area contributed by atoms with Crippen molar-refractivity contribution < 1.29 is 9.50 Å². The van der Waals surface area contributed by atoms with Crippen molar-refractivity contribution in [1.29, 1.82) is 0 Å². The Kier molecular flexibility index (Phi) is 7.90. The summed E-state index contributed by atoms with van der Waals surface area (Å²) < 4.78 is 17.0. The molecule has 1 aromatic heterocycles. The second-order valence-corrected chi connectivity index (χ2v) is 8.36. The summed E-state index contributed by atoms with van der Waals surface area (Å²) >= 11 is 0. The van der Waals surface area contributed by atoms with Gasteiger partial charge in [-0.25, -0.2) is 4.39 Å². The van der Waals surface area contributed by atoms with Crippen LogP contribution in [0.2, 0.25) is 0 Å². The van der Waals surface area contributed by atoms with E-state index in [0.717, 1.165) is 55.7 Å². The van der Waals surface area contributed by atoms with Crippen molar-refractivity contribution in [2.75, 3.05) is 32.8 Å². The number of hydrogen-bond donors (Lipinski definition) is 3. The van der Waals surface area contributed by atoms with Gasteiger partial charge in [-0.15, -0.1) is 22.6 Å². The summed E-state index contributed by atoms with van der Waals surface area (Å²) in [5.74, 6) is 0.709. The molecular weight excluding hydrogens is 453 g/mol. The predicted molar refractivity (Wildman–Crippen MR) is 136 cm³/mol. The molecule has 0 amide bonds. The summed E-state index contributed by atoms with van der Waals surface area (Å²) in [5.41, 5.74) is 5.86. The molecule has 3 aromatic rings. The number of hydrogen-bond acceptors (Lipinski definition) is 5. The maximum absolute atomic E-state index is 15.2. The molecular formula is C26H29ClFN5O. The van der Waals surface area contributed by atoms with Crippen molar-refractivity contribution in [3.05, 3.63) is 71.6 Å².